The molecule has 78 valence electrons. The molecule has 0 heterocycles. The van der Waals surface area contributed by atoms with Gasteiger partial charge in [0.15, 0.2) is 0 Å². The molecule has 1 heteroatoms. The third kappa shape index (κ3) is 3.51. The van der Waals surface area contributed by atoms with Gasteiger partial charge in [-0.2, -0.15) is 0 Å². The highest BCUT2D eigenvalue weighted by Gasteiger charge is 2.10. The predicted octanol–water partition coefficient (Wildman–Crippen LogP) is 3.53. The van der Waals surface area contributed by atoms with Crippen LogP contribution in [0, 0.1) is 0 Å². The minimum Gasteiger partial charge on any atom is -0.308 e. The molecule has 0 radical (unpaired) electrons. The van der Waals surface area contributed by atoms with Crippen LogP contribution in [0.15, 0.2) is 30.3 Å². The largest absolute Gasteiger partial charge is 0.308 e. The fraction of sp³-hybridized carbons (Fsp3) is 0.538. The van der Waals surface area contributed by atoms with Crippen LogP contribution in [0.2, 0.25) is 0 Å². The first-order chi connectivity index (χ1) is 6.74. The van der Waals surface area contributed by atoms with E-state index in [0.717, 1.165) is 0 Å². The first-order valence-corrected chi connectivity index (χ1v) is 5.55. The van der Waals surface area contributed by atoms with Crippen molar-refractivity contribution in [2.45, 2.75) is 45.7 Å². The Balaban J connectivity index is 2.67. The lowest BCUT2D eigenvalue weighted by Crippen LogP contribution is -2.27. The Kier molecular flexibility index (Phi) is 4.68. The molecule has 1 aromatic rings. The van der Waals surface area contributed by atoms with Gasteiger partial charge in [-0.1, -0.05) is 57.5 Å². The summed E-state index contributed by atoms with van der Waals surface area (Å²) in [6.07, 6.45) is 2.43. The Morgan fingerprint density at radius 2 is 1.79 bits per heavy atom. The maximum atomic E-state index is 3.60. The van der Waals surface area contributed by atoms with Gasteiger partial charge in [0.2, 0.25) is 0 Å². The molecule has 1 nitrogen and oxygen atoms in total. The molecule has 0 fully saturated rings. The van der Waals surface area contributed by atoms with Crippen LogP contribution in [0.25, 0.3) is 0 Å². The lowest BCUT2D eigenvalue weighted by atomic mass is 10.0. The third-order valence-electron chi connectivity index (χ3n) is 2.31. The van der Waals surface area contributed by atoms with Gasteiger partial charge < -0.3 is 5.32 Å². The SMILES string of the molecule is CCC[C@@H](NC(C)C)c1ccccc1. The molecule has 0 bridgehead atoms. The summed E-state index contributed by atoms with van der Waals surface area (Å²) >= 11 is 0. The van der Waals surface area contributed by atoms with Gasteiger partial charge in [0, 0.05) is 12.1 Å². The predicted molar refractivity (Wildman–Crippen MR) is 62.4 cm³/mol. The maximum Gasteiger partial charge on any atom is 0.0322 e. The van der Waals surface area contributed by atoms with Gasteiger partial charge in [-0.15, -0.1) is 0 Å². The Morgan fingerprint density at radius 1 is 1.14 bits per heavy atom. The molecule has 0 saturated heterocycles. The fourth-order valence-corrected chi connectivity index (χ4v) is 1.72. The number of hydrogen-bond acceptors (Lipinski definition) is 1. The van der Waals surface area contributed by atoms with Gasteiger partial charge in [-0.05, 0) is 12.0 Å². The van der Waals surface area contributed by atoms with Gasteiger partial charge in [0.25, 0.3) is 0 Å². The van der Waals surface area contributed by atoms with Gasteiger partial charge in [0.1, 0.15) is 0 Å². The van der Waals surface area contributed by atoms with Crippen LogP contribution in [0.4, 0.5) is 0 Å². The minimum atomic E-state index is 0.515. The standard InChI is InChI=1S/C13H21N/c1-4-8-13(14-11(2)3)12-9-6-5-7-10-12/h5-7,9-11,13-14H,4,8H2,1-3H3/t13-/m1/s1. The van der Waals surface area contributed by atoms with Crippen molar-refractivity contribution in [3.8, 4) is 0 Å². The second kappa shape index (κ2) is 5.82. The summed E-state index contributed by atoms with van der Waals surface area (Å²) in [4.78, 5) is 0. The van der Waals surface area contributed by atoms with Gasteiger partial charge in [0.05, 0.1) is 0 Å². The van der Waals surface area contributed by atoms with E-state index >= 15 is 0 Å². The molecule has 0 saturated carbocycles. The normalized spacial score (nSPS) is 13.1. The van der Waals surface area contributed by atoms with Crippen molar-refractivity contribution in [2.24, 2.45) is 0 Å². The Hall–Kier alpha value is -0.820. The molecule has 0 unspecified atom stereocenters. The van der Waals surface area contributed by atoms with Gasteiger partial charge in [-0.25, -0.2) is 0 Å². The first kappa shape index (κ1) is 11.3. The molecular weight excluding hydrogens is 170 g/mol. The number of nitrogens with one attached hydrogen (secondary N) is 1. The monoisotopic (exact) mass is 191 g/mol. The quantitative estimate of drug-likeness (QED) is 0.750. The molecule has 0 aliphatic rings. The second-order valence-electron chi connectivity index (χ2n) is 4.07. The lowest BCUT2D eigenvalue weighted by molar-refractivity contribution is 0.448. The zero-order chi connectivity index (χ0) is 10.4. The van der Waals surface area contributed by atoms with Crippen molar-refractivity contribution in [2.75, 3.05) is 0 Å². The molecule has 1 aromatic carbocycles. The topological polar surface area (TPSA) is 12.0 Å². The zero-order valence-electron chi connectivity index (χ0n) is 9.46. The maximum absolute atomic E-state index is 3.60. The molecule has 0 spiro atoms. The van der Waals surface area contributed by atoms with E-state index in [1.807, 2.05) is 0 Å². The van der Waals surface area contributed by atoms with E-state index in [9.17, 15) is 0 Å². The van der Waals surface area contributed by atoms with E-state index < -0.39 is 0 Å². The van der Waals surface area contributed by atoms with Crippen molar-refractivity contribution < 1.29 is 0 Å². The van der Waals surface area contributed by atoms with Crippen molar-refractivity contribution in [1.82, 2.24) is 5.32 Å². The molecule has 1 rings (SSSR count). The average molecular weight is 191 g/mol. The highest BCUT2D eigenvalue weighted by molar-refractivity contribution is 5.18. The zero-order valence-corrected chi connectivity index (χ0v) is 9.46. The molecule has 1 atom stereocenters. The Labute approximate surface area is 87.5 Å². The van der Waals surface area contributed by atoms with Crippen LogP contribution < -0.4 is 5.32 Å². The summed E-state index contributed by atoms with van der Waals surface area (Å²) in [5.74, 6) is 0. The van der Waals surface area contributed by atoms with Crippen LogP contribution >= 0.6 is 0 Å². The molecule has 0 aromatic heterocycles. The average Bonchev–Trinajstić information content (AvgIpc) is 2.18. The van der Waals surface area contributed by atoms with E-state index in [1.54, 1.807) is 0 Å². The number of benzene rings is 1. The van der Waals surface area contributed by atoms with Crippen LogP contribution in [0.3, 0.4) is 0 Å². The fourth-order valence-electron chi connectivity index (χ4n) is 1.72. The smallest absolute Gasteiger partial charge is 0.0322 e. The summed E-state index contributed by atoms with van der Waals surface area (Å²) < 4.78 is 0. The van der Waals surface area contributed by atoms with Crippen molar-refractivity contribution in [3.05, 3.63) is 35.9 Å². The Bertz CT molecular complexity index is 241. The van der Waals surface area contributed by atoms with Gasteiger partial charge >= 0.3 is 0 Å². The van der Waals surface area contributed by atoms with Crippen molar-refractivity contribution >= 4 is 0 Å². The molecule has 0 aliphatic carbocycles. The third-order valence-corrected chi connectivity index (χ3v) is 2.31. The molecule has 0 aliphatic heterocycles. The van der Waals surface area contributed by atoms with Crippen molar-refractivity contribution in [3.63, 3.8) is 0 Å². The molecule has 14 heavy (non-hydrogen) atoms. The van der Waals surface area contributed by atoms with Crippen molar-refractivity contribution in [1.29, 1.82) is 0 Å². The van der Waals surface area contributed by atoms with Crippen LogP contribution in [-0.4, -0.2) is 6.04 Å². The van der Waals surface area contributed by atoms with Crippen LogP contribution in [0.5, 0.6) is 0 Å². The summed E-state index contributed by atoms with van der Waals surface area (Å²) in [7, 11) is 0. The summed E-state index contributed by atoms with van der Waals surface area (Å²) in [6.45, 7) is 6.63. The lowest BCUT2D eigenvalue weighted by Gasteiger charge is -2.21. The second-order valence-corrected chi connectivity index (χ2v) is 4.07. The highest BCUT2D eigenvalue weighted by Crippen LogP contribution is 2.18. The van der Waals surface area contributed by atoms with E-state index in [-0.39, 0.29) is 0 Å². The molecule has 0 amide bonds. The van der Waals surface area contributed by atoms with E-state index in [0.29, 0.717) is 12.1 Å². The minimum absolute atomic E-state index is 0.515. The van der Waals surface area contributed by atoms with Gasteiger partial charge in [-0.3, -0.25) is 0 Å². The summed E-state index contributed by atoms with van der Waals surface area (Å²) in [6, 6.07) is 11.8. The highest BCUT2D eigenvalue weighted by atomic mass is 14.9. The van der Waals surface area contributed by atoms with E-state index in [2.05, 4.69) is 56.4 Å². The first-order valence-electron chi connectivity index (χ1n) is 5.55. The van der Waals surface area contributed by atoms with Crippen LogP contribution in [0.1, 0.15) is 45.2 Å². The Morgan fingerprint density at radius 3 is 2.29 bits per heavy atom. The summed E-state index contributed by atoms with van der Waals surface area (Å²) in [5.41, 5.74) is 1.41. The van der Waals surface area contributed by atoms with Crippen LogP contribution in [-0.2, 0) is 0 Å². The molecule has 1 N–H and O–H groups in total. The number of hydrogen-bond donors (Lipinski definition) is 1. The molecular formula is C13H21N. The van der Waals surface area contributed by atoms with E-state index in [4.69, 9.17) is 0 Å². The van der Waals surface area contributed by atoms with E-state index in [1.165, 1.54) is 18.4 Å². The summed E-state index contributed by atoms with van der Waals surface area (Å²) in [5, 5.41) is 3.60. The number of rotatable bonds is 5.